The number of rotatable bonds is 1. The zero-order valence-corrected chi connectivity index (χ0v) is 11.5. The minimum atomic E-state index is 0. The molecule has 0 heterocycles. The van der Waals surface area contributed by atoms with Gasteiger partial charge in [-0.25, -0.2) is 0 Å². The number of hydrogen-bond donors (Lipinski definition) is 2. The van der Waals surface area contributed by atoms with Gasteiger partial charge in [0.25, 0.3) is 0 Å². The van der Waals surface area contributed by atoms with Gasteiger partial charge in [0.2, 0.25) is 0 Å². The van der Waals surface area contributed by atoms with Crippen LogP contribution >= 0.6 is 24.0 Å². The van der Waals surface area contributed by atoms with E-state index in [0.29, 0.717) is 13.1 Å². The van der Waals surface area contributed by atoms with Crippen LogP contribution in [0.4, 0.5) is 0 Å². The quantitative estimate of drug-likeness (QED) is 0.423. The van der Waals surface area contributed by atoms with Crippen molar-refractivity contribution in [2.75, 3.05) is 13.1 Å². The normalized spacial score (nSPS) is 5.00. The monoisotopic (exact) mass is 398 g/mol. The Balaban J connectivity index is -0.0000000450. The van der Waals surface area contributed by atoms with Gasteiger partial charge >= 0.3 is 27.3 Å². The number of halogens is 1. The Bertz CT molecular complexity index is 13.5. The zero-order chi connectivity index (χ0) is 3.41. The maximum atomic E-state index is 4.90. The Hall–Kier alpha value is 1.57. The van der Waals surface area contributed by atoms with Gasteiger partial charge < -0.3 is 11.5 Å². The van der Waals surface area contributed by atoms with Gasteiger partial charge in [-0.15, -0.1) is 24.0 Å². The molecule has 6 heavy (non-hydrogen) atoms. The molecule has 0 amide bonds. The van der Waals surface area contributed by atoms with Crippen LogP contribution in [0.2, 0.25) is 0 Å². The Morgan fingerprint density at radius 3 is 1.17 bits per heavy atom. The predicted molar refractivity (Wildman–Crippen MR) is 42.1 cm³/mol. The molecule has 0 aliphatic heterocycles. The molecule has 4 heteroatoms. The molecule has 0 aliphatic carbocycles. The third kappa shape index (κ3) is 17.6. The predicted octanol–water partition coefficient (Wildman–Crippen LogP) is -1.39. The molecule has 0 fully saturated rings. The van der Waals surface area contributed by atoms with Crippen LogP contribution in [0.3, 0.4) is 0 Å². The molecule has 0 rings (SSSR count). The SMILES string of the molecule is I.NCCN.[PbH2]. The summed E-state index contributed by atoms with van der Waals surface area (Å²) in [5.74, 6) is 0. The molecule has 0 aromatic carbocycles. The van der Waals surface area contributed by atoms with Crippen LogP contribution in [0, 0.1) is 0 Å². The molecule has 2 radical (unpaired) electrons. The van der Waals surface area contributed by atoms with Gasteiger partial charge in [0, 0.05) is 13.1 Å². The molecule has 4 N–H and O–H groups in total. The Labute approximate surface area is 75.2 Å². The molecule has 0 bridgehead atoms. The molecule has 0 aromatic heterocycles. The summed E-state index contributed by atoms with van der Waals surface area (Å²) < 4.78 is 0. The van der Waals surface area contributed by atoms with Crippen LogP contribution < -0.4 is 11.5 Å². The summed E-state index contributed by atoms with van der Waals surface area (Å²) in [6.45, 7) is 1.19. The van der Waals surface area contributed by atoms with Crippen LogP contribution in [0.5, 0.6) is 0 Å². The molecule has 0 aliphatic rings. The molecule has 0 atom stereocenters. The van der Waals surface area contributed by atoms with Gasteiger partial charge in [-0.3, -0.25) is 0 Å². The summed E-state index contributed by atoms with van der Waals surface area (Å²) in [5.41, 5.74) is 9.81. The zero-order valence-electron chi connectivity index (χ0n) is 3.68. The van der Waals surface area contributed by atoms with Crippen molar-refractivity contribution in [2.45, 2.75) is 0 Å². The topological polar surface area (TPSA) is 52.0 Å². The second kappa shape index (κ2) is 16.0. The maximum absolute atomic E-state index is 4.90. The van der Waals surface area contributed by atoms with Gasteiger partial charge in [0.05, 0.1) is 0 Å². The molecular formula is C2H11IN2Pb. The molecule has 40 valence electrons. The van der Waals surface area contributed by atoms with Crippen molar-refractivity contribution in [2.24, 2.45) is 11.5 Å². The molecule has 0 saturated carbocycles. The Morgan fingerprint density at radius 1 is 1.00 bits per heavy atom. The van der Waals surface area contributed by atoms with Gasteiger partial charge in [0.1, 0.15) is 0 Å². The first-order valence-corrected chi connectivity index (χ1v) is 1.32. The van der Waals surface area contributed by atoms with Crippen molar-refractivity contribution < 1.29 is 0 Å². The molecule has 0 spiro atoms. The van der Waals surface area contributed by atoms with E-state index < -0.39 is 0 Å². The van der Waals surface area contributed by atoms with Gasteiger partial charge in [-0.1, -0.05) is 0 Å². The van der Waals surface area contributed by atoms with Crippen LogP contribution in [0.25, 0.3) is 0 Å². The van der Waals surface area contributed by atoms with Crippen molar-refractivity contribution in [1.29, 1.82) is 0 Å². The average Bonchev–Trinajstić information content (AvgIpc) is 1.37. The second-order valence-corrected chi connectivity index (χ2v) is 0.577. The van der Waals surface area contributed by atoms with Crippen molar-refractivity contribution in [1.82, 2.24) is 0 Å². The summed E-state index contributed by atoms with van der Waals surface area (Å²) in [6, 6.07) is 0. The Morgan fingerprint density at radius 2 is 1.17 bits per heavy atom. The van der Waals surface area contributed by atoms with Crippen LogP contribution in [-0.2, 0) is 0 Å². The van der Waals surface area contributed by atoms with E-state index in [-0.39, 0.29) is 51.3 Å². The van der Waals surface area contributed by atoms with Crippen LogP contribution in [0.15, 0.2) is 0 Å². The van der Waals surface area contributed by atoms with Gasteiger partial charge in [-0.2, -0.15) is 0 Å². The molecule has 2 nitrogen and oxygen atoms in total. The van der Waals surface area contributed by atoms with E-state index in [4.69, 9.17) is 11.5 Å². The molecule has 0 unspecified atom stereocenters. The van der Waals surface area contributed by atoms with E-state index >= 15 is 0 Å². The first kappa shape index (κ1) is 15.6. The van der Waals surface area contributed by atoms with E-state index in [9.17, 15) is 0 Å². The molecular weight excluding hydrogens is 386 g/mol. The molecule has 0 aromatic rings. The fourth-order valence-corrected chi connectivity index (χ4v) is 0. The number of nitrogens with two attached hydrogens (primary N) is 2. The number of hydrogen-bond acceptors (Lipinski definition) is 2. The van der Waals surface area contributed by atoms with E-state index in [0.717, 1.165) is 0 Å². The third-order valence-corrected chi connectivity index (χ3v) is 0.167. The first-order chi connectivity index (χ1) is 1.91. The molecule has 0 saturated heterocycles. The summed E-state index contributed by atoms with van der Waals surface area (Å²) in [5, 5.41) is 0. The van der Waals surface area contributed by atoms with Crippen molar-refractivity contribution in [3.63, 3.8) is 0 Å². The first-order valence-electron chi connectivity index (χ1n) is 1.32. The summed E-state index contributed by atoms with van der Waals surface area (Å²) in [4.78, 5) is 0. The summed E-state index contributed by atoms with van der Waals surface area (Å²) in [7, 11) is 0. The van der Waals surface area contributed by atoms with Crippen molar-refractivity contribution in [3.8, 4) is 0 Å². The standard InChI is InChI=1S/C2H8N2.HI.Pb.2H/c3-1-2-4;;;;/h1-4H2;1H;;;. The van der Waals surface area contributed by atoms with E-state index in [2.05, 4.69) is 0 Å². The van der Waals surface area contributed by atoms with Gasteiger partial charge in [-0.05, 0) is 0 Å². The Kier molecular flexibility index (Phi) is 41.7. The summed E-state index contributed by atoms with van der Waals surface area (Å²) >= 11 is 0. The van der Waals surface area contributed by atoms with Crippen molar-refractivity contribution in [3.05, 3.63) is 0 Å². The average molecular weight is 397 g/mol. The van der Waals surface area contributed by atoms with E-state index in [1.807, 2.05) is 0 Å². The fourth-order valence-electron chi connectivity index (χ4n) is 0. The van der Waals surface area contributed by atoms with Crippen LogP contribution in [-0.4, -0.2) is 40.4 Å². The van der Waals surface area contributed by atoms with E-state index in [1.54, 1.807) is 0 Å². The third-order valence-electron chi connectivity index (χ3n) is 0.167. The van der Waals surface area contributed by atoms with E-state index in [1.165, 1.54) is 0 Å². The van der Waals surface area contributed by atoms with Crippen LogP contribution in [0.1, 0.15) is 0 Å². The summed E-state index contributed by atoms with van der Waals surface area (Å²) in [6.07, 6.45) is 0. The minimum absolute atomic E-state index is 0. The van der Waals surface area contributed by atoms with Gasteiger partial charge in [0.15, 0.2) is 0 Å². The van der Waals surface area contributed by atoms with Crippen molar-refractivity contribution >= 4 is 51.3 Å². The fraction of sp³-hybridized carbons (Fsp3) is 1.00. The second-order valence-electron chi connectivity index (χ2n) is 0.577.